The quantitative estimate of drug-likeness (QED) is 0.506. The first-order valence-electron chi connectivity index (χ1n) is 10.3. The molecule has 0 unspecified atom stereocenters. The molecule has 2 aromatic carbocycles. The van der Waals surface area contributed by atoms with Crippen LogP contribution in [-0.4, -0.2) is 12.3 Å². The van der Waals surface area contributed by atoms with Crippen LogP contribution in [0.1, 0.15) is 59.6 Å². The third kappa shape index (κ3) is 5.63. The Morgan fingerprint density at radius 1 is 0.931 bits per heavy atom. The molecular weight excluding hydrogens is 360 g/mol. The number of benzene rings is 2. The third-order valence-electron chi connectivity index (χ3n) is 4.46. The van der Waals surface area contributed by atoms with Crippen molar-refractivity contribution in [3.8, 4) is 28.1 Å². The summed E-state index contributed by atoms with van der Waals surface area (Å²) in [5.41, 5.74) is 12.1. The summed E-state index contributed by atoms with van der Waals surface area (Å²) in [5.74, 6) is 1.12. The van der Waals surface area contributed by atoms with E-state index in [4.69, 9.17) is 15.0 Å². The van der Waals surface area contributed by atoms with E-state index in [-0.39, 0.29) is 5.41 Å². The zero-order valence-corrected chi connectivity index (χ0v) is 19.4. The Bertz CT molecular complexity index is 888. The van der Waals surface area contributed by atoms with Crippen molar-refractivity contribution in [3.63, 3.8) is 0 Å². The summed E-state index contributed by atoms with van der Waals surface area (Å²) >= 11 is 0. The molecule has 3 rings (SSSR count). The molecule has 1 aromatic heterocycles. The van der Waals surface area contributed by atoms with Crippen LogP contribution in [0.2, 0.25) is 0 Å². The minimum Gasteiger partial charge on any atom is -0.497 e. The van der Waals surface area contributed by atoms with Crippen molar-refractivity contribution in [1.29, 1.82) is 0 Å². The lowest BCUT2D eigenvalue weighted by atomic mass is 9.84. The van der Waals surface area contributed by atoms with Gasteiger partial charge in [-0.05, 0) is 47.2 Å². The van der Waals surface area contributed by atoms with Crippen LogP contribution in [0.25, 0.3) is 22.4 Å². The molecule has 0 bridgehead atoms. The Morgan fingerprint density at radius 3 is 2.03 bits per heavy atom. The van der Waals surface area contributed by atoms with E-state index in [1.807, 2.05) is 52.0 Å². The zero-order chi connectivity index (χ0) is 22.2. The molecule has 1 heterocycles. The van der Waals surface area contributed by atoms with Crippen LogP contribution in [0.4, 0.5) is 5.88 Å². The second kappa shape index (κ2) is 10.7. The van der Waals surface area contributed by atoms with Gasteiger partial charge < -0.3 is 15.0 Å². The molecule has 0 aliphatic carbocycles. The lowest BCUT2D eigenvalue weighted by molar-refractivity contribution is 0.415. The first-order valence-corrected chi connectivity index (χ1v) is 10.3. The summed E-state index contributed by atoms with van der Waals surface area (Å²) in [7, 11) is 1.65. The second-order valence-electron chi connectivity index (χ2n) is 7.28. The van der Waals surface area contributed by atoms with Crippen LogP contribution in [0.15, 0.2) is 47.0 Å². The largest absolute Gasteiger partial charge is 0.497 e. The highest BCUT2D eigenvalue weighted by atomic mass is 16.5. The molecule has 3 aromatic rings. The van der Waals surface area contributed by atoms with Crippen LogP contribution in [0.5, 0.6) is 5.75 Å². The van der Waals surface area contributed by atoms with E-state index in [1.165, 1.54) is 5.56 Å². The van der Waals surface area contributed by atoms with Crippen LogP contribution in [0, 0.1) is 6.92 Å². The van der Waals surface area contributed by atoms with Crippen molar-refractivity contribution < 1.29 is 9.26 Å². The number of ether oxygens (including phenoxy) is 1. The molecule has 158 valence electrons. The van der Waals surface area contributed by atoms with E-state index in [2.05, 4.69) is 51.1 Å². The first kappa shape index (κ1) is 24.3. The van der Waals surface area contributed by atoms with E-state index >= 15 is 0 Å². The number of nitrogen functional groups attached to an aromatic ring is 1. The summed E-state index contributed by atoms with van der Waals surface area (Å²) in [6.07, 6.45) is 0. The fourth-order valence-electron chi connectivity index (χ4n) is 2.87. The number of nitrogens with zero attached hydrogens (tertiary/aromatic N) is 1. The third-order valence-corrected chi connectivity index (χ3v) is 4.46. The second-order valence-corrected chi connectivity index (χ2v) is 7.28. The van der Waals surface area contributed by atoms with Gasteiger partial charge in [-0.25, -0.2) is 0 Å². The SMILES string of the molecule is CC.CC.COc1ccc(-c2c(-c3cc(C(C)(C)C)ccc3C)noc2N)cc1. The predicted molar refractivity (Wildman–Crippen MR) is 124 cm³/mol. The molecule has 0 saturated heterocycles. The van der Waals surface area contributed by atoms with Crippen molar-refractivity contribution in [2.75, 3.05) is 12.8 Å². The average molecular weight is 397 g/mol. The number of hydrogen-bond acceptors (Lipinski definition) is 4. The average Bonchev–Trinajstić information content (AvgIpc) is 3.11. The van der Waals surface area contributed by atoms with Gasteiger partial charge in [-0.15, -0.1) is 0 Å². The number of hydrogen-bond donors (Lipinski definition) is 1. The molecule has 0 saturated carbocycles. The van der Waals surface area contributed by atoms with Gasteiger partial charge in [0, 0.05) is 5.56 Å². The lowest BCUT2D eigenvalue weighted by Gasteiger charge is -2.20. The number of nitrogens with two attached hydrogens (primary N) is 1. The zero-order valence-electron chi connectivity index (χ0n) is 19.4. The topological polar surface area (TPSA) is 61.3 Å². The van der Waals surface area contributed by atoms with Gasteiger partial charge in [-0.1, -0.05) is 77.9 Å². The fourth-order valence-corrected chi connectivity index (χ4v) is 2.87. The van der Waals surface area contributed by atoms with Crippen molar-refractivity contribution in [2.45, 2.75) is 60.8 Å². The smallest absolute Gasteiger partial charge is 0.230 e. The highest BCUT2D eigenvalue weighted by Crippen LogP contribution is 2.39. The molecule has 0 radical (unpaired) electrons. The standard InChI is InChI=1S/C21H24N2O2.2C2H6/c1-13-6-9-15(21(2,3)4)12-17(13)19-18(20(22)25-23-19)14-7-10-16(24-5)11-8-14;2*1-2/h6-12H,22H2,1-5H3;2*1-2H3. The fraction of sp³-hybridized carbons (Fsp3) is 0.400. The summed E-state index contributed by atoms with van der Waals surface area (Å²) in [6.45, 7) is 16.7. The van der Waals surface area contributed by atoms with Crippen LogP contribution < -0.4 is 10.5 Å². The van der Waals surface area contributed by atoms with E-state index in [0.29, 0.717) is 5.88 Å². The maximum Gasteiger partial charge on any atom is 0.230 e. The molecule has 0 spiro atoms. The molecule has 4 heteroatoms. The summed E-state index contributed by atoms with van der Waals surface area (Å²) in [6, 6.07) is 14.2. The van der Waals surface area contributed by atoms with Crippen molar-refractivity contribution in [2.24, 2.45) is 0 Å². The Morgan fingerprint density at radius 2 is 1.52 bits per heavy atom. The minimum absolute atomic E-state index is 0.0536. The minimum atomic E-state index is 0.0536. The molecule has 2 N–H and O–H groups in total. The van der Waals surface area contributed by atoms with Gasteiger partial charge in [0.2, 0.25) is 5.88 Å². The molecule has 0 aliphatic heterocycles. The summed E-state index contributed by atoms with van der Waals surface area (Å²) in [5, 5.41) is 4.26. The Hall–Kier alpha value is -2.75. The normalized spacial score (nSPS) is 10.4. The number of anilines is 1. The predicted octanol–water partition coefficient (Wildman–Crippen LogP) is 7.26. The molecule has 0 amide bonds. The van der Waals surface area contributed by atoms with Crippen LogP contribution >= 0.6 is 0 Å². The molecular formula is C25H36N2O2. The monoisotopic (exact) mass is 396 g/mol. The van der Waals surface area contributed by atoms with Gasteiger partial charge in [0.1, 0.15) is 11.4 Å². The van der Waals surface area contributed by atoms with Crippen LogP contribution in [0.3, 0.4) is 0 Å². The first-order chi connectivity index (χ1) is 13.8. The van der Waals surface area contributed by atoms with Crippen molar-refractivity contribution in [1.82, 2.24) is 5.16 Å². The van der Waals surface area contributed by atoms with Gasteiger partial charge in [-0.3, -0.25) is 0 Å². The Balaban J connectivity index is 0.000000989. The van der Waals surface area contributed by atoms with E-state index in [1.54, 1.807) is 7.11 Å². The van der Waals surface area contributed by atoms with Gasteiger partial charge >= 0.3 is 0 Å². The number of aromatic nitrogens is 1. The highest BCUT2D eigenvalue weighted by Gasteiger charge is 2.21. The lowest BCUT2D eigenvalue weighted by Crippen LogP contribution is -2.11. The summed E-state index contributed by atoms with van der Waals surface area (Å²) in [4.78, 5) is 0. The number of rotatable bonds is 3. The number of methoxy groups -OCH3 is 1. The number of aryl methyl sites for hydroxylation is 1. The Kier molecular flexibility index (Phi) is 8.96. The molecule has 0 atom stereocenters. The van der Waals surface area contributed by atoms with E-state index < -0.39 is 0 Å². The van der Waals surface area contributed by atoms with Crippen molar-refractivity contribution >= 4 is 5.88 Å². The maximum absolute atomic E-state index is 6.09. The van der Waals surface area contributed by atoms with Gasteiger partial charge in [0.05, 0.1) is 12.7 Å². The van der Waals surface area contributed by atoms with Gasteiger partial charge in [-0.2, -0.15) is 0 Å². The molecule has 0 aliphatic rings. The molecule has 29 heavy (non-hydrogen) atoms. The highest BCUT2D eigenvalue weighted by molar-refractivity contribution is 5.88. The van der Waals surface area contributed by atoms with Crippen molar-refractivity contribution in [3.05, 3.63) is 53.6 Å². The maximum atomic E-state index is 6.09. The molecule has 0 fully saturated rings. The molecule has 4 nitrogen and oxygen atoms in total. The Labute approximate surface area is 176 Å². The van der Waals surface area contributed by atoms with E-state index in [0.717, 1.165) is 33.7 Å². The van der Waals surface area contributed by atoms with E-state index in [9.17, 15) is 0 Å². The van der Waals surface area contributed by atoms with Crippen LogP contribution in [-0.2, 0) is 5.41 Å². The summed E-state index contributed by atoms with van der Waals surface area (Å²) < 4.78 is 10.6. The van der Waals surface area contributed by atoms with Gasteiger partial charge in [0.25, 0.3) is 0 Å². The van der Waals surface area contributed by atoms with Gasteiger partial charge in [0.15, 0.2) is 0 Å².